The number of aryl methyl sites for hydroxylation is 1. The van der Waals surface area contributed by atoms with E-state index in [0.717, 1.165) is 23.3 Å². The molecule has 0 aliphatic rings. The number of fused-ring (bicyclic) bond motifs is 1. The van der Waals surface area contributed by atoms with E-state index in [2.05, 4.69) is 28.2 Å². The molecule has 0 spiro atoms. The van der Waals surface area contributed by atoms with Crippen LogP contribution in [0, 0.1) is 5.82 Å². The monoisotopic (exact) mass is 329 g/mol. The fraction of sp³-hybridized carbons (Fsp3) is 0.316. The van der Waals surface area contributed by atoms with Crippen LogP contribution in [0.1, 0.15) is 12.7 Å². The van der Waals surface area contributed by atoms with Gasteiger partial charge < -0.3 is 9.84 Å². The Labute approximate surface area is 140 Å². The lowest BCUT2D eigenvalue weighted by Gasteiger charge is -2.12. The molecule has 24 heavy (non-hydrogen) atoms. The van der Waals surface area contributed by atoms with Gasteiger partial charge in [0.1, 0.15) is 30.8 Å². The average molecular weight is 329 g/mol. The maximum absolute atomic E-state index is 12.9. The van der Waals surface area contributed by atoms with Gasteiger partial charge in [-0.15, -0.1) is 0 Å². The highest BCUT2D eigenvalue weighted by atomic mass is 19.1. The van der Waals surface area contributed by atoms with E-state index in [0.29, 0.717) is 12.3 Å². The quantitative estimate of drug-likeness (QED) is 0.706. The van der Waals surface area contributed by atoms with Crippen molar-refractivity contribution in [3.63, 3.8) is 0 Å². The van der Waals surface area contributed by atoms with Crippen LogP contribution in [0.2, 0.25) is 0 Å². The molecule has 0 saturated heterocycles. The maximum Gasteiger partial charge on any atom is 0.256 e. The van der Waals surface area contributed by atoms with Crippen molar-refractivity contribution in [1.82, 2.24) is 4.57 Å². The molecule has 0 fully saturated rings. The van der Waals surface area contributed by atoms with Crippen molar-refractivity contribution < 1.29 is 18.8 Å². The first-order chi connectivity index (χ1) is 11.6. The normalized spacial score (nSPS) is 12.5. The van der Waals surface area contributed by atoms with Gasteiger partial charge in [0, 0.05) is 6.42 Å². The van der Waals surface area contributed by atoms with Crippen LogP contribution in [0.25, 0.3) is 11.0 Å². The third-order valence-corrected chi connectivity index (χ3v) is 4.20. The number of aromatic nitrogens is 2. The SMILES string of the molecule is CCc1n(CC(O)COc2ccc(F)cc2)c2ccccc2[n+]1C. The smallest absolute Gasteiger partial charge is 0.256 e. The number of hydrogen-bond acceptors (Lipinski definition) is 2. The van der Waals surface area contributed by atoms with Crippen molar-refractivity contribution >= 4 is 11.0 Å². The van der Waals surface area contributed by atoms with E-state index in [9.17, 15) is 9.50 Å². The summed E-state index contributed by atoms with van der Waals surface area (Å²) in [6.07, 6.45) is 0.215. The number of aliphatic hydroxyl groups is 1. The largest absolute Gasteiger partial charge is 0.491 e. The Morgan fingerprint density at radius 2 is 1.88 bits per heavy atom. The summed E-state index contributed by atoms with van der Waals surface area (Å²) >= 11 is 0. The third-order valence-electron chi connectivity index (χ3n) is 4.20. The zero-order valence-electron chi connectivity index (χ0n) is 13.9. The van der Waals surface area contributed by atoms with Gasteiger partial charge in [-0.3, -0.25) is 0 Å². The summed E-state index contributed by atoms with van der Waals surface area (Å²) in [5.41, 5.74) is 2.23. The lowest BCUT2D eigenvalue weighted by atomic mass is 10.3. The van der Waals surface area contributed by atoms with Gasteiger partial charge in [-0.1, -0.05) is 19.1 Å². The number of para-hydroxylation sites is 2. The third kappa shape index (κ3) is 3.26. The maximum atomic E-state index is 12.9. The number of halogens is 1. The fourth-order valence-corrected chi connectivity index (χ4v) is 3.05. The van der Waals surface area contributed by atoms with Crippen molar-refractivity contribution in [2.45, 2.75) is 26.0 Å². The Morgan fingerprint density at radius 1 is 1.17 bits per heavy atom. The summed E-state index contributed by atoms with van der Waals surface area (Å²) in [5.74, 6) is 1.40. The lowest BCUT2D eigenvalue weighted by molar-refractivity contribution is -0.653. The highest BCUT2D eigenvalue weighted by Gasteiger charge is 2.23. The molecule has 0 saturated carbocycles. The summed E-state index contributed by atoms with van der Waals surface area (Å²) in [5, 5.41) is 10.4. The van der Waals surface area contributed by atoms with Crippen molar-refractivity contribution in [1.29, 1.82) is 0 Å². The molecule has 4 nitrogen and oxygen atoms in total. The molecule has 0 radical (unpaired) electrons. The van der Waals surface area contributed by atoms with Crippen LogP contribution < -0.4 is 9.30 Å². The zero-order chi connectivity index (χ0) is 17.1. The Hall–Kier alpha value is -2.40. The second kappa shape index (κ2) is 7.01. The minimum Gasteiger partial charge on any atom is -0.491 e. The highest BCUT2D eigenvalue weighted by molar-refractivity contribution is 5.72. The number of aliphatic hydroxyl groups excluding tert-OH is 1. The van der Waals surface area contributed by atoms with Crippen LogP contribution in [-0.2, 0) is 20.0 Å². The predicted octanol–water partition coefficient (Wildman–Crippen LogP) is 2.61. The Balaban J connectivity index is 1.75. The molecule has 1 heterocycles. The van der Waals surface area contributed by atoms with Crippen molar-refractivity contribution in [2.75, 3.05) is 6.61 Å². The molecular weight excluding hydrogens is 307 g/mol. The van der Waals surface area contributed by atoms with Gasteiger partial charge in [0.05, 0.1) is 7.05 Å². The molecular formula is C19H22FN2O2+. The van der Waals surface area contributed by atoms with Crippen LogP contribution >= 0.6 is 0 Å². The van der Waals surface area contributed by atoms with Crippen molar-refractivity contribution in [2.24, 2.45) is 7.05 Å². The van der Waals surface area contributed by atoms with Crippen molar-refractivity contribution in [3.8, 4) is 5.75 Å². The molecule has 0 aliphatic heterocycles. The van der Waals surface area contributed by atoms with Crippen LogP contribution in [0.3, 0.4) is 0 Å². The highest BCUT2D eigenvalue weighted by Crippen LogP contribution is 2.16. The lowest BCUT2D eigenvalue weighted by Crippen LogP contribution is -2.34. The van der Waals surface area contributed by atoms with E-state index in [4.69, 9.17) is 4.74 Å². The predicted molar refractivity (Wildman–Crippen MR) is 90.4 cm³/mol. The first-order valence-electron chi connectivity index (χ1n) is 8.12. The van der Waals surface area contributed by atoms with Crippen LogP contribution in [0.4, 0.5) is 4.39 Å². The molecule has 0 amide bonds. The fourth-order valence-electron chi connectivity index (χ4n) is 3.05. The van der Waals surface area contributed by atoms with E-state index < -0.39 is 6.10 Å². The Kier molecular flexibility index (Phi) is 4.81. The molecule has 126 valence electrons. The summed E-state index contributed by atoms with van der Waals surface area (Å²) in [6, 6.07) is 14.0. The average Bonchev–Trinajstić information content (AvgIpc) is 2.86. The molecule has 2 aromatic carbocycles. The van der Waals surface area contributed by atoms with Gasteiger partial charge in [-0.2, -0.15) is 0 Å². The first kappa shape index (κ1) is 16.5. The molecule has 1 N–H and O–H groups in total. The molecule has 5 heteroatoms. The van der Waals surface area contributed by atoms with E-state index in [1.54, 1.807) is 12.1 Å². The molecule has 1 unspecified atom stereocenters. The van der Waals surface area contributed by atoms with Gasteiger partial charge in [-0.05, 0) is 36.4 Å². The zero-order valence-corrected chi connectivity index (χ0v) is 13.9. The first-order valence-corrected chi connectivity index (χ1v) is 8.12. The number of ether oxygens (including phenoxy) is 1. The van der Waals surface area contributed by atoms with Gasteiger partial charge >= 0.3 is 0 Å². The van der Waals surface area contributed by atoms with E-state index in [1.807, 2.05) is 19.2 Å². The summed E-state index contributed by atoms with van der Waals surface area (Å²) < 4.78 is 22.7. The minimum absolute atomic E-state index is 0.158. The van der Waals surface area contributed by atoms with E-state index in [-0.39, 0.29) is 12.4 Å². The second-order valence-corrected chi connectivity index (χ2v) is 5.85. The second-order valence-electron chi connectivity index (χ2n) is 5.85. The number of nitrogens with zero attached hydrogens (tertiary/aromatic N) is 2. The van der Waals surface area contributed by atoms with Crippen LogP contribution in [0.5, 0.6) is 5.75 Å². The molecule has 3 rings (SSSR count). The summed E-state index contributed by atoms with van der Waals surface area (Å²) in [7, 11) is 2.04. The Bertz CT molecular complexity index is 827. The molecule has 0 bridgehead atoms. The number of benzene rings is 2. The molecule has 1 aromatic heterocycles. The number of rotatable bonds is 6. The molecule has 1 atom stereocenters. The number of imidazole rings is 1. The Morgan fingerprint density at radius 3 is 2.58 bits per heavy atom. The van der Waals surface area contributed by atoms with Gasteiger partial charge in [0.2, 0.25) is 0 Å². The molecule has 3 aromatic rings. The standard InChI is InChI=1S/C19H22FN2O2/c1-3-19-21(2)17-6-4-5-7-18(17)22(19)12-15(23)13-24-16-10-8-14(20)9-11-16/h4-11,15,23H,3,12-13H2,1-2H3/q+1. The summed E-state index contributed by atoms with van der Waals surface area (Å²) in [6.45, 7) is 2.71. The number of hydrogen-bond donors (Lipinski definition) is 1. The van der Waals surface area contributed by atoms with Gasteiger partial charge in [0.25, 0.3) is 5.82 Å². The van der Waals surface area contributed by atoms with E-state index in [1.165, 1.54) is 12.1 Å². The topological polar surface area (TPSA) is 38.3 Å². The summed E-state index contributed by atoms with van der Waals surface area (Å²) in [4.78, 5) is 0. The van der Waals surface area contributed by atoms with Gasteiger partial charge in [0.15, 0.2) is 11.0 Å². The van der Waals surface area contributed by atoms with Crippen LogP contribution in [0.15, 0.2) is 48.5 Å². The van der Waals surface area contributed by atoms with Crippen LogP contribution in [-0.4, -0.2) is 22.4 Å². The van der Waals surface area contributed by atoms with Crippen molar-refractivity contribution in [3.05, 3.63) is 60.2 Å². The van der Waals surface area contributed by atoms with Gasteiger partial charge in [-0.25, -0.2) is 13.5 Å². The minimum atomic E-state index is -0.656. The van der Waals surface area contributed by atoms with E-state index >= 15 is 0 Å². The molecule has 0 aliphatic carbocycles.